The number of likely N-dealkylation sites (N-methyl/N-ethyl adjacent to an activating group) is 1. The minimum atomic E-state index is -0.0716. The van der Waals surface area contributed by atoms with E-state index >= 15 is 0 Å². The van der Waals surface area contributed by atoms with Crippen LogP contribution in [-0.2, 0) is 28.6 Å². The van der Waals surface area contributed by atoms with Gasteiger partial charge in [0.1, 0.15) is 6.10 Å². The number of rotatable bonds is 43. The molecule has 1 unspecified atom stereocenters. The van der Waals surface area contributed by atoms with Crippen molar-refractivity contribution in [2.45, 2.75) is 252 Å². The van der Waals surface area contributed by atoms with Gasteiger partial charge in [-0.05, 0) is 89.6 Å². The molecule has 8 heteroatoms. The van der Waals surface area contributed by atoms with E-state index in [2.05, 4.69) is 44.5 Å². The van der Waals surface area contributed by atoms with Crippen LogP contribution in [0.2, 0.25) is 0 Å². The molecular weight excluding hydrogens is 749 g/mol. The first kappa shape index (κ1) is 56.3. The van der Waals surface area contributed by atoms with Crippen LogP contribution in [0.5, 0.6) is 0 Å². The van der Waals surface area contributed by atoms with Gasteiger partial charge in [-0.15, -0.1) is 0 Å². The Morgan fingerprint density at radius 1 is 0.417 bits per heavy atom. The summed E-state index contributed by atoms with van der Waals surface area (Å²) in [7, 11) is 2.17. The molecule has 0 aromatic heterocycles. The third-order valence-corrected chi connectivity index (χ3v) is 13.0. The molecule has 354 valence electrons. The Morgan fingerprint density at radius 3 is 1.33 bits per heavy atom. The zero-order chi connectivity index (χ0) is 43.7. The van der Waals surface area contributed by atoms with E-state index in [-0.39, 0.29) is 24.0 Å². The van der Waals surface area contributed by atoms with E-state index in [1.54, 1.807) is 0 Å². The second kappa shape index (κ2) is 41.3. The molecule has 0 spiro atoms. The first-order valence-electron chi connectivity index (χ1n) is 26.2. The van der Waals surface area contributed by atoms with Crippen molar-refractivity contribution in [1.82, 2.24) is 9.80 Å². The van der Waals surface area contributed by atoms with Gasteiger partial charge in [0.15, 0.2) is 0 Å². The Labute approximate surface area is 372 Å². The Morgan fingerprint density at radius 2 is 0.817 bits per heavy atom. The highest BCUT2D eigenvalue weighted by molar-refractivity contribution is 5.70. The number of hydrogen-bond donors (Lipinski definition) is 0. The highest BCUT2D eigenvalue weighted by Gasteiger charge is 2.18. The molecule has 0 aromatic carbocycles. The van der Waals surface area contributed by atoms with Crippen LogP contribution in [0.4, 0.5) is 0 Å². The molecule has 0 radical (unpaired) electrons. The third kappa shape index (κ3) is 34.9. The smallest absolute Gasteiger partial charge is 0.306 e. The van der Waals surface area contributed by atoms with Gasteiger partial charge < -0.3 is 24.0 Å². The minimum Gasteiger partial charge on any atom is -0.466 e. The lowest BCUT2D eigenvalue weighted by atomic mass is 9.90. The van der Waals surface area contributed by atoms with Gasteiger partial charge >= 0.3 is 17.9 Å². The SMILES string of the molecule is CCCCCC(CCCCC)CCCCOC(=O)CCCCCC(CCCCCCCC(=O)OCCC(CCCCC)CCCCC)OC(=O)CCCN1CCN(C)CC1. The molecule has 0 saturated carbocycles. The second-order valence-corrected chi connectivity index (χ2v) is 18.7. The van der Waals surface area contributed by atoms with Crippen molar-refractivity contribution in [1.29, 1.82) is 0 Å². The van der Waals surface area contributed by atoms with Gasteiger partial charge in [-0.3, -0.25) is 14.4 Å². The highest BCUT2D eigenvalue weighted by Crippen LogP contribution is 2.24. The van der Waals surface area contributed by atoms with Gasteiger partial charge in [0, 0.05) is 45.4 Å². The van der Waals surface area contributed by atoms with Crippen LogP contribution in [0.1, 0.15) is 246 Å². The lowest BCUT2D eigenvalue weighted by molar-refractivity contribution is -0.150. The minimum absolute atomic E-state index is 0.0431. The maximum atomic E-state index is 12.9. The number of ether oxygens (including phenoxy) is 3. The van der Waals surface area contributed by atoms with Crippen molar-refractivity contribution < 1.29 is 28.6 Å². The molecule has 60 heavy (non-hydrogen) atoms. The van der Waals surface area contributed by atoms with Gasteiger partial charge in [-0.25, -0.2) is 0 Å². The molecular formula is C52H100N2O6. The predicted octanol–water partition coefficient (Wildman–Crippen LogP) is 13.8. The predicted molar refractivity (Wildman–Crippen MR) is 252 cm³/mol. The molecule has 1 fully saturated rings. The third-order valence-electron chi connectivity index (χ3n) is 13.0. The molecule has 1 saturated heterocycles. The summed E-state index contributed by atoms with van der Waals surface area (Å²) in [6, 6.07) is 0. The topological polar surface area (TPSA) is 85.4 Å². The standard InChI is InChI=1S/C52H100N2O6/c1-6-10-18-29-47(30-19-11-7-2)33-26-27-45-58-50(55)37-25-17-23-35-49(60-52(57)38-28-40-54-43-41-53(5)42-44-54)34-22-15-14-16-24-36-51(56)59-46-39-48(31-20-12-8-3)32-21-13-9-4/h47-49H,6-46H2,1-5H3. The fraction of sp³-hybridized carbons (Fsp3) is 0.942. The van der Waals surface area contributed by atoms with E-state index in [0.29, 0.717) is 38.4 Å². The summed E-state index contributed by atoms with van der Waals surface area (Å²) in [5, 5.41) is 0. The van der Waals surface area contributed by atoms with E-state index in [0.717, 1.165) is 129 Å². The summed E-state index contributed by atoms with van der Waals surface area (Å²) < 4.78 is 17.3. The van der Waals surface area contributed by atoms with Crippen LogP contribution in [0.25, 0.3) is 0 Å². The Kier molecular flexibility index (Phi) is 38.8. The lowest BCUT2D eigenvalue weighted by Gasteiger charge is -2.32. The molecule has 1 atom stereocenters. The molecule has 1 aliphatic rings. The number of hydrogen-bond acceptors (Lipinski definition) is 8. The average molecular weight is 849 g/mol. The molecule has 0 N–H and O–H groups in total. The maximum absolute atomic E-state index is 12.9. The maximum Gasteiger partial charge on any atom is 0.306 e. The van der Waals surface area contributed by atoms with Crippen molar-refractivity contribution in [3.63, 3.8) is 0 Å². The van der Waals surface area contributed by atoms with Gasteiger partial charge in [-0.2, -0.15) is 0 Å². The van der Waals surface area contributed by atoms with E-state index in [1.807, 2.05) is 0 Å². The lowest BCUT2D eigenvalue weighted by Crippen LogP contribution is -2.44. The summed E-state index contributed by atoms with van der Waals surface area (Å²) in [5.41, 5.74) is 0. The monoisotopic (exact) mass is 849 g/mol. The van der Waals surface area contributed by atoms with Crippen LogP contribution in [0.15, 0.2) is 0 Å². The highest BCUT2D eigenvalue weighted by atomic mass is 16.5. The van der Waals surface area contributed by atoms with Crippen LogP contribution >= 0.6 is 0 Å². The van der Waals surface area contributed by atoms with Crippen LogP contribution in [-0.4, -0.2) is 86.8 Å². The van der Waals surface area contributed by atoms with Crippen LogP contribution < -0.4 is 0 Å². The number of esters is 3. The molecule has 0 aliphatic carbocycles. The van der Waals surface area contributed by atoms with Crippen molar-refractivity contribution in [3.05, 3.63) is 0 Å². The first-order chi connectivity index (χ1) is 29.3. The number of carbonyl (C=O) groups excluding carboxylic acids is 3. The van der Waals surface area contributed by atoms with Gasteiger partial charge in [-0.1, -0.05) is 163 Å². The molecule has 0 amide bonds. The molecule has 1 heterocycles. The number of nitrogens with zero attached hydrogens (tertiary/aromatic N) is 2. The van der Waals surface area contributed by atoms with Gasteiger partial charge in [0.25, 0.3) is 0 Å². The Hall–Kier alpha value is -1.67. The van der Waals surface area contributed by atoms with Crippen LogP contribution in [0, 0.1) is 11.8 Å². The zero-order valence-corrected chi connectivity index (χ0v) is 40.6. The molecule has 1 rings (SSSR count). The van der Waals surface area contributed by atoms with E-state index < -0.39 is 0 Å². The summed E-state index contributed by atoms with van der Waals surface area (Å²) in [5.74, 6) is 1.33. The van der Waals surface area contributed by atoms with E-state index in [1.165, 1.54) is 109 Å². The summed E-state index contributed by atoms with van der Waals surface area (Å²) in [6.45, 7) is 15.5. The summed E-state index contributed by atoms with van der Waals surface area (Å²) >= 11 is 0. The molecule has 8 nitrogen and oxygen atoms in total. The number of carbonyl (C=O) groups is 3. The van der Waals surface area contributed by atoms with Crippen molar-refractivity contribution >= 4 is 17.9 Å². The Bertz CT molecular complexity index is 966. The van der Waals surface area contributed by atoms with Crippen molar-refractivity contribution in [3.8, 4) is 0 Å². The molecule has 1 aliphatic heterocycles. The van der Waals surface area contributed by atoms with E-state index in [9.17, 15) is 14.4 Å². The number of piperazine rings is 1. The first-order valence-corrected chi connectivity index (χ1v) is 26.2. The fourth-order valence-electron chi connectivity index (χ4n) is 8.82. The summed E-state index contributed by atoms with van der Waals surface area (Å²) in [4.78, 5) is 42.7. The Balaban J connectivity index is 2.35. The zero-order valence-electron chi connectivity index (χ0n) is 40.6. The van der Waals surface area contributed by atoms with Crippen molar-refractivity contribution in [2.75, 3.05) is 53.0 Å². The fourth-order valence-corrected chi connectivity index (χ4v) is 8.82. The molecule has 0 bridgehead atoms. The normalized spacial score (nSPS) is 14.2. The quantitative estimate of drug-likeness (QED) is 0.0341. The second-order valence-electron chi connectivity index (χ2n) is 18.7. The largest absolute Gasteiger partial charge is 0.466 e. The van der Waals surface area contributed by atoms with Gasteiger partial charge in [0.2, 0.25) is 0 Å². The van der Waals surface area contributed by atoms with E-state index in [4.69, 9.17) is 14.2 Å². The van der Waals surface area contributed by atoms with Crippen molar-refractivity contribution in [2.24, 2.45) is 11.8 Å². The average Bonchev–Trinajstić information content (AvgIpc) is 3.23. The van der Waals surface area contributed by atoms with Crippen LogP contribution in [0.3, 0.4) is 0 Å². The molecule has 0 aromatic rings. The summed E-state index contributed by atoms with van der Waals surface area (Å²) in [6.07, 6.45) is 37.0. The van der Waals surface area contributed by atoms with Gasteiger partial charge in [0.05, 0.1) is 13.2 Å². The number of unbranched alkanes of at least 4 members (excludes halogenated alkanes) is 15.